The maximum atomic E-state index is 13.2. The SMILES string of the molecule is COc1ccc(C(OC[C@H]2O[C@@H](n3cnc4cc(N=CN(C)C)[nH]c(=O)c43)C[C@@H]2O[P+](=O)[O-])(c2ccccc2)c2ccc(OC)cc2)cc1. The number of H-pyrrole nitrogens is 1. The predicted molar refractivity (Wildman–Crippen MR) is 181 cm³/mol. The molecule has 254 valence electrons. The van der Waals surface area contributed by atoms with Crippen molar-refractivity contribution >= 4 is 31.4 Å². The fraction of sp³-hybridized carbons (Fsp3) is 0.286. The van der Waals surface area contributed by atoms with Crippen LogP contribution in [0.2, 0.25) is 0 Å². The van der Waals surface area contributed by atoms with E-state index in [1.165, 1.54) is 6.33 Å². The van der Waals surface area contributed by atoms with Crippen LogP contribution in [-0.2, 0) is 24.2 Å². The van der Waals surface area contributed by atoms with Gasteiger partial charge in [0.05, 0.1) is 39.0 Å². The number of ether oxygens (including phenoxy) is 4. The Bertz CT molecular complexity index is 1930. The predicted octanol–water partition coefficient (Wildman–Crippen LogP) is 4.66. The van der Waals surface area contributed by atoms with Gasteiger partial charge in [0.15, 0.2) is 0 Å². The Morgan fingerprint density at radius 1 is 1.02 bits per heavy atom. The van der Waals surface area contributed by atoms with Gasteiger partial charge in [-0.05, 0) is 45.5 Å². The van der Waals surface area contributed by atoms with Gasteiger partial charge in [0, 0.05) is 26.6 Å². The molecule has 3 heterocycles. The summed E-state index contributed by atoms with van der Waals surface area (Å²) in [6, 6.07) is 26.5. The number of benzene rings is 3. The van der Waals surface area contributed by atoms with Crippen LogP contribution < -0.4 is 19.9 Å². The first kappa shape index (κ1) is 34.0. The Labute approximate surface area is 283 Å². The number of imidazole rings is 1. The van der Waals surface area contributed by atoms with Crippen LogP contribution in [0, 0.1) is 0 Å². The molecular formula is C35H36N5O8P. The second-order valence-electron chi connectivity index (χ2n) is 11.6. The van der Waals surface area contributed by atoms with Crippen LogP contribution in [0.15, 0.2) is 101 Å². The molecule has 2 aromatic heterocycles. The topological polar surface area (TPSA) is 153 Å². The molecule has 5 aromatic rings. The van der Waals surface area contributed by atoms with E-state index in [2.05, 4.69) is 15.0 Å². The lowest BCUT2D eigenvalue weighted by molar-refractivity contribution is -0.192. The van der Waals surface area contributed by atoms with E-state index in [4.69, 9.17) is 23.5 Å². The third-order valence-electron chi connectivity index (χ3n) is 8.33. The second-order valence-corrected chi connectivity index (χ2v) is 12.3. The van der Waals surface area contributed by atoms with E-state index in [0.717, 1.165) is 16.7 Å². The van der Waals surface area contributed by atoms with Crippen molar-refractivity contribution in [2.24, 2.45) is 4.99 Å². The van der Waals surface area contributed by atoms with Gasteiger partial charge in [0.2, 0.25) is 0 Å². The summed E-state index contributed by atoms with van der Waals surface area (Å²) >= 11 is 0. The molecule has 14 heteroatoms. The molecule has 1 N–H and O–H groups in total. The summed E-state index contributed by atoms with van der Waals surface area (Å²) in [6.07, 6.45) is 0.642. The smallest absolute Gasteiger partial charge is 0.488 e. The number of aromatic nitrogens is 3. The fourth-order valence-corrected chi connectivity index (χ4v) is 6.49. The molecule has 0 saturated carbocycles. The first-order chi connectivity index (χ1) is 23.7. The summed E-state index contributed by atoms with van der Waals surface area (Å²) in [5, 5.41) is 0. The van der Waals surface area contributed by atoms with Gasteiger partial charge in [-0.2, -0.15) is 0 Å². The lowest BCUT2D eigenvalue weighted by Crippen LogP contribution is -2.38. The highest BCUT2D eigenvalue weighted by molar-refractivity contribution is 7.30. The normalized spacial score (nSPS) is 18.2. The van der Waals surface area contributed by atoms with Crippen LogP contribution in [0.1, 0.15) is 29.3 Å². The molecule has 0 radical (unpaired) electrons. The Kier molecular flexibility index (Phi) is 10.2. The van der Waals surface area contributed by atoms with Crippen molar-refractivity contribution < 1.29 is 32.9 Å². The largest absolute Gasteiger partial charge is 0.566 e. The van der Waals surface area contributed by atoms with Crippen LogP contribution >= 0.6 is 8.25 Å². The number of hydrogen-bond acceptors (Lipinski definition) is 10. The molecule has 0 aliphatic carbocycles. The maximum Gasteiger partial charge on any atom is 0.488 e. The van der Waals surface area contributed by atoms with E-state index in [1.807, 2.05) is 93.0 Å². The number of methoxy groups -OCH3 is 2. The standard InChI is InChI=1S/C35H36N5O8P/c1-39(2)21-37-31-18-28-33(34(41)38-31)40(22-36-28)32-19-29(48-49(42)43)30(47-32)20-46-35(23-8-6-5-7-9-23,24-10-14-26(44-3)15-11-24)25-12-16-27(45-4)17-13-25/h5-18,21-22,29-30,32H,19-20H2,1-4H3,(H,38,41)/t29-,30+,32+/m0/s1. The second kappa shape index (κ2) is 14.7. The van der Waals surface area contributed by atoms with Crippen molar-refractivity contribution in [1.82, 2.24) is 19.4 Å². The number of nitrogens with zero attached hydrogens (tertiary/aromatic N) is 4. The molecule has 4 atom stereocenters. The summed E-state index contributed by atoms with van der Waals surface area (Å²) in [5.41, 5.74) is 1.50. The van der Waals surface area contributed by atoms with Gasteiger partial charge in [-0.25, -0.2) is 9.98 Å². The third-order valence-corrected chi connectivity index (χ3v) is 8.77. The Morgan fingerprint density at radius 3 is 2.20 bits per heavy atom. The van der Waals surface area contributed by atoms with Crippen LogP contribution in [0.4, 0.5) is 5.82 Å². The van der Waals surface area contributed by atoms with Gasteiger partial charge in [-0.3, -0.25) is 9.36 Å². The average Bonchev–Trinajstić information content (AvgIpc) is 3.72. The van der Waals surface area contributed by atoms with Crippen molar-refractivity contribution in [3.05, 3.63) is 118 Å². The number of aromatic amines is 1. The number of fused-ring (bicyclic) bond motifs is 1. The van der Waals surface area contributed by atoms with Gasteiger partial charge < -0.3 is 33.7 Å². The summed E-state index contributed by atoms with van der Waals surface area (Å²) in [5.74, 6) is 1.69. The van der Waals surface area contributed by atoms with Crippen molar-refractivity contribution in [2.45, 2.75) is 30.5 Å². The average molecular weight is 686 g/mol. The van der Waals surface area contributed by atoms with Gasteiger partial charge in [-0.1, -0.05) is 54.6 Å². The first-order valence-electron chi connectivity index (χ1n) is 15.5. The molecule has 1 aliphatic heterocycles. The van der Waals surface area contributed by atoms with E-state index in [1.54, 1.807) is 36.1 Å². The van der Waals surface area contributed by atoms with E-state index in [-0.39, 0.29) is 18.5 Å². The van der Waals surface area contributed by atoms with Crippen molar-refractivity contribution in [1.29, 1.82) is 0 Å². The summed E-state index contributed by atoms with van der Waals surface area (Å²) in [6.45, 7) is -0.0797. The molecular weight excluding hydrogens is 649 g/mol. The molecule has 1 aliphatic rings. The van der Waals surface area contributed by atoms with E-state index in [0.29, 0.717) is 22.8 Å². The van der Waals surface area contributed by atoms with Gasteiger partial charge in [0.25, 0.3) is 5.56 Å². The third kappa shape index (κ3) is 7.12. The molecule has 6 rings (SSSR count). The van der Waals surface area contributed by atoms with E-state index in [9.17, 15) is 14.3 Å². The highest BCUT2D eigenvalue weighted by atomic mass is 31.1. The van der Waals surface area contributed by atoms with Crippen LogP contribution in [-0.4, -0.2) is 72.9 Å². The first-order valence-corrected chi connectivity index (χ1v) is 16.6. The summed E-state index contributed by atoms with van der Waals surface area (Å²) < 4.78 is 43.2. The zero-order valence-corrected chi connectivity index (χ0v) is 28.3. The number of pyridine rings is 1. The molecule has 1 fully saturated rings. The molecule has 0 spiro atoms. The van der Waals surface area contributed by atoms with E-state index >= 15 is 0 Å². The number of rotatable bonds is 13. The number of nitrogens with one attached hydrogen (secondary N) is 1. The minimum Gasteiger partial charge on any atom is -0.566 e. The monoisotopic (exact) mass is 685 g/mol. The minimum atomic E-state index is -3.23. The van der Waals surface area contributed by atoms with Crippen LogP contribution in [0.25, 0.3) is 11.0 Å². The van der Waals surface area contributed by atoms with Crippen LogP contribution in [0.5, 0.6) is 11.5 Å². The molecule has 3 aromatic carbocycles. The maximum absolute atomic E-state index is 13.2. The molecule has 1 saturated heterocycles. The van der Waals surface area contributed by atoms with Gasteiger partial charge in [0.1, 0.15) is 46.9 Å². The quantitative estimate of drug-likeness (QED) is 0.0802. The molecule has 0 bridgehead atoms. The minimum absolute atomic E-state index is 0.0797. The zero-order valence-electron chi connectivity index (χ0n) is 27.4. The number of aliphatic imine (C=N–C) groups is 1. The van der Waals surface area contributed by atoms with E-state index < -0.39 is 37.9 Å². The molecule has 49 heavy (non-hydrogen) atoms. The Balaban J connectivity index is 1.38. The molecule has 0 amide bonds. The highest BCUT2D eigenvalue weighted by Crippen LogP contribution is 2.43. The van der Waals surface area contributed by atoms with Crippen molar-refractivity contribution in [3.63, 3.8) is 0 Å². The Morgan fingerprint density at radius 2 is 1.63 bits per heavy atom. The molecule has 13 nitrogen and oxygen atoms in total. The van der Waals surface area contributed by atoms with Gasteiger partial charge in [-0.15, -0.1) is 4.52 Å². The molecule has 1 unspecified atom stereocenters. The zero-order chi connectivity index (χ0) is 34.5. The van der Waals surface area contributed by atoms with Crippen molar-refractivity contribution in [3.8, 4) is 11.5 Å². The van der Waals surface area contributed by atoms with Crippen molar-refractivity contribution in [2.75, 3.05) is 34.9 Å². The summed E-state index contributed by atoms with van der Waals surface area (Å²) in [4.78, 5) is 38.3. The lowest BCUT2D eigenvalue weighted by atomic mass is 9.80. The van der Waals surface area contributed by atoms with Crippen LogP contribution in [0.3, 0.4) is 0 Å². The van der Waals surface area contributed by atoms with Gasteiger partial charge >= 0.3 is 8.25 Å². The Hall–Kier alpha value is -4.91. The lowest BCUT2D eigenvalue weighted by Gasteiger charge is -2.37. The highest BCUT2D eigenvalue weighted by Gasteiger charge is 2.45. The summed E-state index contributed by atoms with van der Waals surface area (Å²) in [7, 11) is 3.61. The number of hydrogen-bond donors (Lipinski definition) is 1. The fourth-order valence-electron chi connectivity index (χ4n) is 6.05.